The van der Waals surface area contributed by atoms with Crippen molar-refractivity contribution >= 4 is 0 Å². The van der Waals surface area contributed by atoms with Crippen LogP contribution in [0.1, 0.15) is 67.2 Å². The number of allylic oxidation sites excluding steroid dienone is 2. The average molecular weight is 296 g/mol. The van der Waals surface area contributed by atoms with Gasteiger partial charge in [0.15, 0.2) is 0 Å². The van der Waals surface area contributed by atoms with Crippen molar-refractivity contribution in [3.8, 4) is 0 Å². The fourth-order valence-electron chi connectivity index (χ4n) is 2.76. The van der Waals surface area contributed by atoms with Crippen molar-refractivity contribution < 1.29 is 9.47 Å². The third-order valence-electron chi connectivity index (χ3n) is 3.40. The van der Waals surface area contributed by atoms with E-state index < -0.39 is 0 Å². The van der Waals surface area contributed by atoms with Crippen LogP contribution in [0.25, 0.3) is 0 Å². The molecule has 0 aliphatic rings. The first-order valence-electron chi connectivity index (χ1n) is 8.28. The average Bonchev–Trinajstić information content (AvgIpc) is 2.33. The van der Waals surface area contributed by atoms with Gasteiger partial charge in [-0.3, -0.25) is 0 Å². The molecule has 0 heterocycles. The molecule has 0 bridgehead atoms. The highest BCUT2D eigenvalue weighted by atomic mass is 16.5. The largest absolute Gasteiger partial charge is 0.495 e. The second kappa shape index (κ2) is 10.0. The molecular weight excluding hydrogens is 260 g/mol. The smallest absolute Gasteiger partial charge is 0.111 e. The van der Waals surface area contributed by atoms with Crippen LogP contribution in [-0.4, -0.2) is 19.8 Å². The first kappa shape index (κ1) is 20.2. The molecule has 2 nitrogen and oxygen atoms in total. The summed E-state index contributed by atoms with van der Waals surface area (Å²) in [5, 5.41) is 0. The number of hydrogen-bond donors (Lipinski definition) is 0. The van der Waals surface area contributed by atoms with E-state index in [-0.39, 0.29) is 10.8 Å². The molecule has 0 N–H and O–H groups in total. The quantitative estimate of drug-likeness (QED) is 0.260. The topological polar surface area (TPSA) is 18.5 Å². The van der Waals surface area contributed by atoms with Gasteiger partial charge in [0.2, 0.25) is 0 Å². The third-order valence-corrected chi connectivity index (χ3v) is 3.40. The predicted molar refractivity (Wildman–Crippen MR) is 92.4 cm³/mol. The Morgan fingerprint density at radius 2 is 1.76 bits per heavy atom. The molecule has 0 rings (SSSR count). The Kier molecular flexibility index (Phi) is 9.68. The molecule has 0 aromatic heterocycles. The summed E-state index contributed by atoms with van der Waals surface area (Å²) in [6.45, 7) is 19.7. The van der Waals surface area contributed by atoms with Gasteiger partial charge in [0, 0.05) is 6.61 Å². The van der Waals surface area contributed by atoms with E-state index in [1.165, 1.54) is 6.42 Å². The summed E-state index contributed by atoms with van der Waals surface area (Å²) < 4.78 is 11.1. The number of ether oxygens (including phenoxy) is 2. The van der Waals surface area contributed by atoms with Gasteiger partial charge in [0.1, 0.15) is 5.76 Å². The fraction of sp³-hybridized carbons (Fsp3) is 0.789. The van der Waals surface area contributed by atoms with Crippen molar-refractivity contribution in [1.82, 2.24) is 0 Å². The first-order chi connectivity index (χ1) is 9.72. The zero-order valence-electron chi connectivity index (χ0n) is 15.1. The standard InChI is InChI=1S/C19H36O2/c1-8-10-14-20-16-19(6,7)15-18(4,5)13-11-12-17(3)21-9-2/h11-12H,3,8-10,13-16H2,1-2,4-7H3/b12-11+. The lowest BCUT2D eigenvalue weighted by molar-refractivity contribution is 0.0358. The maximum atomic E-state index is 5.81. The van der Waals surface area contributed by atoms with Gasteiger partial charge in [-0.25, -0.2) is 0 Å². The van der Waals surface area contributed by atoms with Crippen molar-refractivity contribution in [1.29, 1.82) is 0 Å². The highest BCUT2D eigenvalue weighted by Gasteiger charge is 2.28. The van der Waals surface area contributed by atoms with Gasteiger partial charge in [-0.1, -0.05) is 53.7 Å². The van der Waals surface area contributed by atoms with Gasteiger partial charge in [0.25, 0.3) is 0 Å². The lowest BCUT2D eigenvalue weighted by Crippen LogP contribution is -2.27. The van der Waals surface area contributed by atoms with E-state index in [0.29, 0.717) is 6.61 Å². The molecular formula is C19H36O2. The summed E-state index contributed by atoms with van der Waals surface area (Å²) >= 11 is 0. The fourth-order valence-corrected chi connectivity index (χ4v) is 2.76. The Labute approximate surface area is 132 Å². The van der Waals surface area contributed by atoms with Gasteiger partial charge >= 0.3 is 0 Å². The van der Waals surface area contributed by atoms with Crippen molar-refractivity contribution in [3.05, 3.63) is 24.5 Å². The van der Waals surface area contributed by atoms with E-state index in [0.717, 1.165) is 38.2 Å². The summed E-state index contributed by atoms with van der Waals surface area (Å²) in [5.41, 5.74) is 0.461. The minimum Gasteiger partial charge on any atom is -0.495 e. The van der Waals surface area contributed by atoms with Crippen LogP contribution in [0, 0.1) is 10.8 Å². The van der Waals surface area contributed by atoms with Gasteiger partial charge < -0.3 is 9.47 Å². The maximum Gasteiger partial charge on any atom is 0.111 e. The monoisotopic (exact) mass is 296 g/mol. The molecule has 0 saturated heterocycles. The molecule has 0 atom stereocenters. The van der Waals surface area contributed by atoms with Crippen LogP contribution >= 0.6 is 0 Å². The summed E-state index contributed by atoms with van der Waals surface area (Å²) in [7, 11) is 0. The molecule has 0 fully saturated rings. The Bertz CT molecular complexity index is 314. The predicted octanol–water partition coefficient (Wildman–Crippen LogP) is 5.74. The highest BCUT2D eigenvalue weighted by molar-refractivity contribution is 5.07. The van der Waals surface area contributed by atoms with Crippen LogP contribution in [0.15, 0.2) is 24.5 Å². The van der Waals surface area contributed by atoms with E-state index in [1.54, 1.807) is 0 Å². The number of rotatable bonds is 12. The van der Waals surface area contributed by atoms with Crippen LogP contribution < -0.4 is 0 Å². The minimum atomic E-state index is 0.210. The van der Waals surface area contributed by atoms with Crippen molar-refractivity contribution in [2.45, 2.75) is 67.2 Å². The van der Waals surface area contributed by atoms with Gasteiger partial charge in [0.05, 0.1) is 13.2 Å². The summed E-state index contributed by atoms with van der Waals surface area (Å²) in [5.74, 6) is 0.746. The van der Waals surface area contributed by atoms with Crippen LogP contribution in [0.4, 0.5) is 0 Å². The summed E-state index contributed by atoms with van der Waals surface area (Å²) in [6.07, 6.45) is 8.67. The van der Waals surface area contributed by atoms with E-state index in [2.05, 4.69) is 47.3 Å². The SMILES string of the molecule is C=C(/C=C/CC(C)(C)CC(C)(C)COCCCC)OCC. The van der Waals surface area contributed by atoms with Crippen LogP contribution in [0.3, 0.4) is 0 Å². The van der Waals surface area contributed by atoms with E-state index in [1.807, 2.05) is 13.0 Å². The van der Waals surface area contributed by atoms with E-state index in [9.17, 15) is 0 Å². The summed E-state index contributed by atoms with van der Waals surface area (Å²) in [6, 6.07) is 0. The Morgan fingerprint density at radius 3 is 2.33 bits per heavy atom. The van der Waals surface area contributed by atoms with Crippen molar-refractivity contribution in [2.24, 2.45) is 10.8 Å². The van der Waals surface area contributed by atoms with Crippen LogP contribution in [0.5, 0.6) is 0 Å². The summed E-state index contributed by atoms with van der Waals surface area (Å²) in [4.78, 5) is 0. The molecule has 21 heavy (non-hydrogen) atoms. The molecule has 0 aromatic carbocycles. The lowest BCUT2D eigenvalue weighted by atomic mass is 9.73. The van der Waals surface area contributed by atoms with E-state index in [4.69, 9.17) is 9.47 Å². The Morgan fingerprint density at radius 1 is 1.10 bits per heavy atom. The van der Waals surface area contributed by atoms with E-state index >= 15 is 0 Å². The normalized spacial score (nSPS) is 12.9. The van der Waals surface area contributed by atoms with Crippen LogP contribution in [0.2, 0.25) is 0 Å². The molecule has 0 amide bonds. The van der Waals surface area contributed by atoms with Gasteiger partial charge in [-0.2, -0.15) is 0 Å². The Hall–Kier alpha value is -0.760. The van der Waals surface area contributed by atoms with Crippen LogP contribution in [-0.2, 0) is 9.47 Å². The van der Waals surface area contributed by atoms with Gasteiger partial charge in [-0.15, -0.1) is 0 Å². The first-order valence-corrected chi connectivity index (χ1v) is 8.28. The highest BCUT2D eigenvalue weighted by Crippen LogP contribution is 2.36. The number of hydrogen-bond acceptors (Lipinski definition) is 2. The molecule has 0 spiro atoms. The zero-order chi connectivity index (χ0) is 16.4. The second-order valence-corrected chi connectivity index (χ2v) is 7.42. The molecule has 0 aromatic rings. The lowest BCUT2D eigenvalue weighted by Gasteiger charge is -2.34. The maximum absolute atomic E-state index is 5.81. The molecule has 0 radical (unpaired) electrons. The number of unbranched alkanes of at least 4 members (excludes halogenated alkanes) is 1. The van der Waals surface area contributed by atoms with Crippen molar-refractivity contribution in [2.75, 3.05) is 19.8 Å². The molecule has 0 unspecified atom stereocenters. The second-order valence-electron chi connectivity index (χ2n) is 7.42. The molecule has 0 saturated carbocycles. The zero-order valence-corrected chi connectivity index (χ0v) is 15.1. The minimum absolute atomic E-state index is 0.210. The van der Waals surface area contributed by atoms with Crippen molar-refractivity contribution in [3.63, 3.8) is 0 Å². The molecule has 0 aliphatic carbocycles. The molecule has 124 valence electrons. The molecule has 2 heteroatoms. The van der Waals surface area contributed by atoms with Gasteiger partial charge in [-0.05, 0) is 43.1 Å². The Balaban J connectivity index is 4.21. The molecule has 0 aliphatic heterocycles. The third kappa shape index (κ3) is 11.6.